The summed E-state index contributed by atoms with van der Waals surface area (Å²) in [7, 11) is 0. The van der Waals surface area contributed by atoms with E-state index in [2.05, 4.69) is 20.8 Å². The van der Waals surface area contributed by atoms with Gasteiger partial charge in [-0.05, 0) is 19.3 Å². The highest BCUT2D eigenvalue weighted by atomic mass is 16.6. The van der Waals surface area contributed by atoms with Crippen molar-refractivity contribution in [3.05, 3.63) is 0 Å². The van der Waals surface area contributed by atoms with Crippen LogP contribution < -0.4 is 0 Å². The van der Waals surface area contributed by atoms with Crippen LogP contribution in [0.1, 0.15) is 323 Å². The molecule has 6 nitrogen and oxygen atoms in total. The molecule has 0 saturated heterocycles. The summed E-state index contributed by atoms with van der Waals surface area (Å²) in [5, 5.41) is 0. The molecule has 0 amide bonds. The second-order valence-electron chi connectivity index (χ2n) is 19.2. The number of ether oxygens (including phenoxy) is 3. The van der Waals surface area contributed by atoms with Crippen LogP contribution >= 0.6 is 0 Å². The summed E-state index contributed by atoms with van der Waals surface area (Å²) < 4.78 is 16.6. The van der Waals surface area contributed by atoms with Gasteiger partial charge in [-0.1, -0.05) is 284 Å². The molecule has 368 valence electrons. The molecular formula is C56H108O6. The van der Waals surface area contributed by atoms with E-state index in [0.29, 0.717) is 19.3 Å². The first kappa shape index (κ1) is 60.4. The Kier molecular flexibility index (Phi) is 50.7. The molecule has 0 fully saturated rings. The minimum absolute atomic E-state index is 0.0638. The molecule has 0 N–H and O–H groups in total. The number of unbranched alkanes of at least 4 members (excludes halogenated alkanes) is 41. The fourth-order valence-electron chi connectivity index (χ4n) is 8.62. The van der Waals surface area contributed by atoms with Gasteiger partial charge in [0.05, 0.1) is 0 Å². The fourth-order valence-corrected chi connectivity index (χ4v) is 8.62. The van der Waals surface area contributed by atoms with Gasteiger partial charge in [-0.25, -0.2) is 0 Å². The third kappa shape index (κ3) is 49.4. The molecule has 0 aromatic rings. The van der Waals surface area contributed by atoms with E-state index in [9.17, 15) is 14.4 Å². The monoisotopic (exact) mass is 877 g/mol. The van der Waals surface area contributed by atoms with Gasteiger partial charge < -0.3 is 14.2 Å². The van der Waals surface area contributed by atoms with E-state index in [1.165, 1.54) is 218 Å². The van der Waals surface area contributed by atoms with Gasteiger partial charge in [0, 0.05) is 19.3 Å². The van der Waals surface area contributed by atoms with Gasteiger partial charge >= 0.3 is 17.9 Å². The van der Waals surface area contributed by atoms with Gasteiger partial charge in [0.15, 0.2) is 6.10 Å². The third-order valence-electron chi connectivity index (χ3n) is 12.9. The second-order valence-corrected chi connectivity index (χ2v) is 19.2. The molecule has 0 bridgehead atoms. The van der Waals surface area contributed by atoms with Crippen molar-refractivity contribution >= 4 is 17.9 Å². The molecule has 0 rings (SSSR count). The molecular weight excluding hydrogens is 769 g/mol. The topological polar surface area (TPSA) is 78.9 Å². The van der Waals surface area contributed by atoms with Crippen molar-refractivity contribution in [3.8, 4) is 0 Å². The SMILES string of the molecule is CCCCCCCCCCCCCCCCCCCCCCCCCCCCCCCCC(=O)OCC(COC(=O)CCCCCCC)OC(=O)CCCCCCCCCCC. The lowest BCUT2D eigenvalue weighted by Crippen LogP contribution is -2.30. The van der Waals surface area contributed by atoms with E-state index in [1.54, 1.807) is 0 Å². The van der Waals surface area contributed by atoms with E-state index in [-0.39, 0.29) is 31.1 Å². The first-order chi connectivity index (χ1) is 30.5. The van der Waals surface area contributed by atoms with Crippen molar-refractivity contribution in [1.82, 2.24) is 0 Å². The second kappa shape index (κ2) is 52.0. The lowest BCUT2D eigenvalue weighted by atomic mass is 10.0. The number of carbonyl (C=O) groups is 3. The fraction of sp³-hybridized carbons (Fsp3) is 0.946. The van der Waals surface area contributed by atoms with Crippen LogP contribution in [0.3, 0.4) is 0 Å². The lowest BCUT2D eigenvalue weighted by molar-refractivity contribution is -0.167. The van der Waals surface area contributed by atoms with Gasteiger partial charge in [0.2, 0.25) is 0 Å². The number of carbonyl (C=O) groups excluding carboxylic acids is 3. The highest BCUT2D eigenvalue weighted by Crippen LogP contribution is 2.18. The molecule has 0 heterocycles. The maximum atomic E-state index is 12.6. The Balaban J connectivity index is 3.80. The maximum Gasteiger partial charge on any atom is 0.306 e. The Bertz CT molecular complexity index is 920. The summed E-state index contributed by atoms with van der Waals surface area (Å²) in [6.07, 6.45) is 57.5. The first-order valence-electron chi connectivity index (χ1n) is 28.0. The van der Waals surface area contributed by atoms with Gasteiger partial charge in [-0.15, -0.1) is 0 Å². The molecule has 0 aromatic carbocycles. The average molecular weight is 877 g/mol. The highest BCUT2D eigenvalue weighted by molar-refractivity contribution is 5.71. The van der Waals surface area contributed by atoms with E-state index in [4.69, 9.17) is 14.2 Å². The van der Waals surface area contributed by atoms with E-state index >= 15 is 0 Å². The van der Waals surface area contributed by atoms with Crippen LogP contribution in [0.5, 0.6) is 0 Å². The van der Waals surface area contributed by atoms with Gasteiger partial charge in [-0.2, -0.15) is 0 Å². The Morgan fingerprint density at radius 2 is 0.435 bits per heavy atom. The number of hydrogen-bond acceptors (Lipinski definition) is 6. The molecule has 62 heavy (non-hydrogen) atoms. The van der Waals surface area contributed by atoms with Crippen LogP contribution in [-0.2, 0) is 28.6 Å². The zero-order valence-electron chi connectivity index (χ0n) is 42.2. The molecule has 0 aromatic heterocycles. The molecule has 0 saturated carbocycles. The summed E-state index contributed by atoms with van der Waals surface area (Å²) in [6.45, 7) is 6.58. The first-order valence-corrected chi connectivity index (χ1v) is 28.0. The smallest absolute Gasteiger partial charge is 0.306 e. The molecule has 0 spiro atoms. The molecule has 1 unspecified atom stereocenters. The summed E-state index contributed by atoms with van der Waals surface area (Å²) in [5.41, 5.74) is 0. The predicted molar refractivity (Wildman–Crippen MR) is 266 cm³/mol. The largest absolute Gasteiger partial charge is 0.462 e. The lowest BCUT2D eigenvalue weighted by Gasteiger charge is -2.18. The Hall–Kier alpha value is -1.59. The van der Waals surface area contributed by atoms with Crippen molar-refractivity contribution in [2.45, 2.75) is 329 Å². The molecule has 6 heteroatoms. The van der Waals surface area contributed by atoms with Crippen molar-refractivity contribution in [2.24, 2.45) is 0 Å². The van der Waals surface area contributed by atoms with Gasteiger partial charge in [-0.3, -0.25) is 14.4 Å². The normalized spacial score (nSPS) is 11.9. The van der Waals surface area contributed by atoms with Crippen LogP contribution in [0.25, 0.3) is 0 Å². The van der Waals surface area contributed by atoms with Crippen LogP contribution in [0.15, 0.2) is 0 Å². The molecule has 0 aliphatic rings. The van der Waals surface area contributed by atoms with E-state index in [0.717, 1.165) is 64.2 Å². The van der Waals surface area contributed by atoms with Crippen molar-refractivity contribution in [1.29, 1.82) is 0 Å². The number of esters is 3. The van der Waals surface area contributed by atoms with Crippen LogP contribution in [0.4, 0.5) is 0 Å². The summed E-state index contributed by atoms with van der Waals surface area (Å²) in [6, 6.07) is 0. The average Bonchev–Trinajstić information content (AvgIpc) is 3.27. The zero-order chi connectivity index (χ0) is 45.1. The molecule has 1 atom stereocenters. The van der Waals surface area contributed by atoms with Crippen molar-refractivity contribution < 1.29 is 28.6 Å². The Morgan fingerprint density at radius 3 is 0.645 bits per heavy atom. The number of rotatable bonds is 52. The quantitative estimate of drug-likeness (QED) is 0.0344. The molecule has 0 aliphatic heterocycles. The third-order valence-corrected chi connectivity index (χ3v) is 12.9. The highest BCUT2D eigenvalue weighted by Gasteiger charge is 2.19. The van der Waals surface area contributed by atoms with E-state index in [1.807, 2.05) is 0 Å². The Labute approximate surface area is 387 Å². The van der Waals surface area contributed by atoms with Crippen molar-refractivity contribution in [3.63, 3.8) is 0 Å². The number of hydrogen-bond donors (Lipinski definition) is 0. The minimum atomic E-state index is -0.757. The van der Waals surface area contributed by atoms with Gasteiger partial charge in [0.25, 0.3) is 0 Å². The summed E-state index contributed by atoms with van der Waals surface area (Å²) in [4.78, 5) is 37.5. The Morgan fingerprint density at radius 1 is 0.258 bits per heavy atom. The minimum Gasteiger partial charge on any atom is -0.462 e. The standard InChI is InChI=1S/C56H108O6/c1-4-7-10-13-15-17-18-19-20-21-22-23-24-25-26-27-28-29-30-31-32-33-34-35-36-37-39-40-43-46-49-55(58)61-52-53(51-60-54(57)48-45-42-12-9-6-3)62-56(59)50-47-44-41-38-16-14-11-8-5-2/h53H,4-52H2,1-3H3. The van der Waals surface area contributed by atoms with Crippen LogP contribution in [-0.4, -0.2) is 37.2 Å². The summed E-state index contributed by atoms with van der Waals surface area (Å²) >= 11 is 0. The predicted octanol–water partition coefficient (Wildman–Crippen LogP) is 18.4. The van der Waals surface area contributed by atoms with E-state index < -0.39 is 6.10 Å². The summed E-state index contributed by atoms with van der Waals surface area (Å²) in [5.74, 6) is -0.864. The van der Waals surface area contributed by atoms with Crippen molar-refractivity contribution in [2.75, 3.05) is 13.2 Å². The van der Waals surface area contributed by atoms with Gasteiger partial charge in [0.1, 0.15) is 13.2 Å². The maximum absolute atomic E-state index is 12.6. The van der Waals surface area contributed by atoms with Crippen LogP contribution in [0.2, 0.25) is 0 Å². The molecule has 0 radical (unpaired) electrons. The molecule has 0 aliphatic carbocycles. The zero-order valence-corrected chi connectivity index (χ0v) is 42.2. The van der Waals surface area contributed by atoms with Crippen LogP contribution in [0, 0.1) is 0 Å².